The van der Waals surface area contributed by atoms with E-state index >= 15 is 0 Å². The molecule has 1 aliphatic carbocycles. The predicted octanol–water partition coefficient (Wildman–Crippen LogP) is 3.96. The Kier molecular flexibility index (Phi) is 4.75. The molecule has 1 aromatic carbocycles. The molecule has 0 radical (unpaired) electrons. The van der Waals surface area contributed by atoms with E-state index < -0.39 is 6.61 Å². The van der Waals surface area contributed by atoms with Crippen molar-refractivity contribution in [3.8, 4) is 5.75 Å². The van der Waals surface area contributed by atoms with Gasteiger partial charge in [-0.05, 0) is 24.3 Å². The van der Waals surface area contributed by atoms with Crippen LogP contribution in [0.25, 0.3) is 0 Å². The van der Waals surface area contributed by atoms with E-state index in [0.29, 0.717) is 12.0 Å². The molecule has 2 rings (SSSR count). The minimum absolute atomic E-state index is 0.265. The van der Waals surface area contributed by atoms with Crippen molar-refractivity contribution in [2.75, 3.05) is 6.54 Å². The van der Waals surface area contributed by atoms with Crippen LogP contribution < -0.4 is 10.1 Å². The van der Waals surface area contributed by atoms with Crippen LogP contribution in [0.1, 0.15) is 38.2 Å². The van der Waals surface area contributed by atoms with Gasteiger partial charge in [0.2, 0.25) is 0 Å². The molecule has 0 saturated heterocycles. The molecule has 1 saturated carbocycles. The molecule has 19 heavy (non-hydrogen) atoms. The summed E-state index contributed by atoms with van der Waals surface area (Å²) in [5.41, 5.74) is 1.14. The predicted molar refractivity (Wildman–Crippen MR) is 71.4 cm³/mol. The van der Waals surface area contributed by atoms with Crippen LogP contribution in [-0.4, -0.2) is 13.2 Å². The summed E-state index contributed by atoms with van der Waals surface area (Å²) in [6.07, 6.45) is 5.08. The van der Waals surface area contributed by atoms with Crippen LogP contribution in [0.5, 0.6) is 5.75 Å². The van der Waals surface area contributed by atoms with Gasteiger partial charge in [-0.2, -0.15) is 8.78 Å². The zero-order chi connectivity index (χ0) is 13.7. The second kappa shape index (κ2) is 6.33. The molecule has 0 bridgehead atoms. The maximum Gasteiger partial charge on any atom is 0.387 e. The average molecular weight is 269 g/mol. The molecule has 0 aromatic heterocycles. The maximum atomic E-state index is 12.3. The highest BCUT2D eigenvalue weighted by atomic mass is 19.3. The lowest BCUT2D eigenvalue weighted by atomic mass is 9.89. The van der Waals surface area contributed by atoms with Crippen molar-refractivity contribution in [1.82, 2.24) is 5.32 Å². The van der Waals surface area contributed by atoms with Gasteiger partial charge in [0.05, 0.1) is 0 Å². The molecule has 0 spiro atoms. The van der Waals surface area contributed by atoms with Gasteiger partial charge in [-0.3, -0.25) is 0 Å². The fraction of sp³-hybridized carbons (Fsp3) is 0.600. The molecule has 106 valence electrons. The van der Waals surface area contributed by atoms with Crippen molar-refractivity contribution in [2.45, 2.75) is 45.8 Å². The van der Waals surface area contributed by atoms with E-state index in [1.807, 2.05) is 12.1 Å². The minimum atomic E-state index is -2.77. The molecular weight excluding hydrogens is 248 g/mol. The number of halogens is 2. The Morgan fingerprint density at radius 2 is 1.95 bits per heavy atom. The molecule has 0 aliphatic heterocycles. The zero-order valence-electron chi connectivity index (χ0n) is 11.3. The fourth-order valence-electron chi connectivity index (χ4n) is 2.77. The number of para-hydroxylation sites is 1. The standard InChI is InChI=1S/C15H21F2NO/c1-15(8-4-5-9-15)11-18-10-12-6-2-3-7-13(12)19-14(16)17/h2-3,6-7,14,18H,4-5,8-11H2,1H3. The second-order valence-corrected chi connectivity index (χ2v) is 5.61. The number of hydrogen-bond acceptors (Lipinski definition) is 2. The largest absolute Gasteiger partial charge is 0.434 e. The number of rotatable bonds is 6. The first kappa shape index (κ1) is 14.3. The van der Waals surface area contributed by atoms with Crippen molar-refractivity contribution >= 4 is 0 Å². The molecular formula is C15H21F2NO. The molecule has 4 heteroatoms. The lowest BCUT2D eigenvalue weighted by Gasteiger charge is -2.24. The Hall–Kier alpha value is -1.16. The number of hydrogen-bond donors (Lipinski definition) is 1. The molecule has 0 atom stereocenters. The summed E-state index contributed by atoms with van der Waals surface area (Å²) in [4.78, 5) is 0. The van der Waals surface area contributed by atoms with Crippen LogP contribution in [0.2, 0.25) is 0 Å². The van der Waals surface area contributed by atoms with E-state index in [-0.39, 0.29) is 5.75 Å². The highest BCUT2D eigenvalue weighted by Gasteiger charge is 2.27. The monoisotopic (exact) mass is 269 g/mol. The van der Waals surface area contributed by atoms with Gasteiger partial charge >= 0.3 is 6.61 Å². The quantitative estimate of drug-likeness (QED) is 0.844. The smallest absolute Gasteiger partial charge is 0.387 e. The Labute approximate surface area is 113 Å². The van der Waals surface area contributed by atoms with E-state index in [1.54, 1.807) is 12.1 Å². The van der Waals surface area contributed by atoms with Gasteiger partial charge in [-0.25, -0.2) is 0 Å². The summed E-state index contributed by atoms with van der Waals surface area (Å²) in [5, 5.41) is 3.37. The summed E-state index contributed by atoms with van der Waals surface area (Å²) in [6, 6.07) is 6.95. The van der Waals surface area contributed by atoms with E-state index in [2.05, 4.69) is 17.0 Å². The number of ether oxygens (including phenoxy) is 1. The Morgan fingerprint density at radius 3 is 2.63 bits per heavy atom. The van der Waals surface area contributed by atoms with Crippen LogP contribution >= 0.6 is 0 Å². The normalized spacial score (nSPS) is 17.9. The van der Waals surface area contributed by atoms with Gasteiger partial charge in [0.25, 0.3) is 0 Å². The van der Waals surface area contributed by atoms with E-state index in [4.69, 9.17) is 0 Å². The SMILES string of the molecule is CC1(CNCc2ccccc2OC(F)F)CCCC1. The van der Waals surface area contributed by atoms with E-state index in [0.717, 1.165) is 12.1 Å². The minimum Gasteiger partial charge on any atom is -0.434 e. The summed E-state index contributed by atoms with van der Waals surface area (Å²) >= 11 is 0. The molecule has 0 unspecified atom stereocenters. The lowest BCUT2D eigenvalue weighted by molar-refractivity contribution is -0.0505. The highest BCUT2D eigenvalue weighted by Crippen LogP contribution is 2.36. The Bertz CT molecular complexity index is 403. The van der Waals surface area contributed by atoms with Gasteiger partial charge < -0.3 is 10.1 Å². The third kappa shape index (κ3) is 4.16. The zero-order valence-corrected chi connectivity index (χ0v) is 11.3. The lowest BCUT2D eigenvalue weighted by Crippen LogP contribution is -2.29. The van der Waals surface area contributed by atoms with Crippen LogP contribution in [-0.2, 0) is 6.54 Å². The van der Waals surface area contributed by atoms with E-state index in [1.165, 1.54) is 25.7 Å². The van der Waals surface area contributed by atoms with Gasteiger partial charge in [0, 0.05) is 18.7 Å². The van der Waals surface area contributed by atoms with Crippen molar-refractivity contribution in [3.63, 3.8) is 0 Å². The van der Waals surface area contributed by atoms with Crippen molar-refractivity contribution in [1.29, 1.82) is 0 Å². The van der Waals surface area contributed by atoms with Crippen LogP contribution in [0.3, 0.4) is 0 Å². The molecule has 1 aromatic rings. The molecule has 1 fully saturated rings. The average Bonchev–Trinajstić information content (AvgIpc) is 2.78. The first-order valence-corrected chi connectivity index (χ1v) is 6.82. The molecule has 1 N–H and O–H groups in total. The van der Waals surface area contributed by atoms with Gasteiger partial charge in [-0.15, -0.1) is 0 Å². The first-order chi connectivity index (χ1) is 9.09. The molecule has 0 heterocycles. The van der Waals surface area contributed by atoms with E-state index in [9.17, 15) is 8.78 Å². The number of benzene rings is 1. The molecule has 1 aliphatic rings. The number of alkyl halides is 2. The summed E-state index contributed by atoms with van der Waals surface area (Å²) in [7, 11) is 0. The van der Waals surface area contributed by atoms with Crippen molar-refractivity contribution in [2.24, 2.45) is 5.41 Å². The third-order valence-corrected chi connectivity index (χ3v) is 3.87. The van der Waals surface area contributed by atoms with Gasteiger partial charge in [-0.1, -0.05) is 38.0 Å². The van der Waals surface area contributed by atoms with Crippen LogP contribution in [0.4, 0.5) is 8.78 Å². The molecule has 0 amide bonds. The Balaban J connectivity index is 1.88. The Morgan fingerprint density at radius 1 is 1.26 bits per heavy atom. The third-order valence-electron chi connectivity index (χ3n) is 3.87. The van der Waals surface area contributed by atoms with Crippen LogP contribution in [0.15, 0.2) is 24.3 Å². The van der Waals surface area contributed by atoms with Crippen molar-refractivity contribution in [3.05, 3.63) is 29.8 Å². The van der Waals surface area contributed by atoms with Gasteiger partial charge in [0.15, 0.2) is 0 Å². The van der Waals surface area contributed by atoms with Crippen molar-refractivity contribution < 1.29 is 13.5 Å². The highest BCUT2D eigenvalue weighted by molar-refractivity contribution is 5.33. The van der Waals surface area contributed by atoms with Gasteiger partial charge in [0.1, 0.15) is 5.75 Å². The van der Waals surface area contributed by atoms with Crippen LogP contribution in [0, 0.1) is 5.41 Å². The topological polar surface area (TPSA) is 21.3 Å². The maximum absolute atomic E-state index is 12.3. The number of nitrogens with one attached hydrogen (secondary N) is 1. The summed E-state index contributed by atoms with van der Waals surface area (Å²) in [5.74, 6) is 0.265. The summed E-state index contributed by atoms with van der Waals surface area (Å²) < 4.78 is 29.1. The fourth-order valence-corrected chi connectivity index (χ4v) is 2.77. The molecule has 2 nitrogen and oxygen atoms in total. The second-order valence-electron chi connectivity index (χ2n) is 5.61. The first-order valence-electron chi connectivity index (χ1n) is 6.82. The summed E-state index contributed by atoms with van der Waals surface area (Å²) in [6.45, 7) is 1.01.